The lowest BCUT2D eigenvalue weighted by atomic mass is 9.77. The highest BCUT2D eigenvalue weighted by atomic mass is 16.4. The van der Waals surface area contributed by atoms with Crippen molar-refractivity contribution in [2.24, 2.45) is 5.92 Å². The summed E-state index contributed by atoms with van der Waals surface area (Å²) in [7, 11) is 0. The number of carbonyl (C=O) groups excluding carboxylic acids is 1. The van der Waals surface area contributed by atoms with Crippen LogP contribution in [0.2, 0.25) is 0 Å². The van der Waals surface area contributed by atoms with Crippen molar-refractivity contribution in [3.05, 3.63) is 53.6 Å². The van der Waals surface area contributed by atoms with E-state index in [-0.39, 0.29) is 11.9 Å². The number of benzene rings is 2. The van der Waals surface area contributed by atoms with Crippen LogP contribution in [0, 0.1) is 5.92 Å². The maximum absolute atomic E-state index is 12.9. The smallest absolute Gasteiger partial charge is 0.303 e. The van der Waals surface area contributed by atoms with Crippen molar-refractivity contribution in [1.29, 1.82) is 0 Å². The number of hydrogen-bond acceptors (Lipinski definition) is 3. The van der Waals surface area contributed by atoms with E-state index in [1.54, 1.807) is 0 Å². The molecule has 5 rings (SSSR count). The van der Waals surface area contributed by atoms with Gasteiger partial charge in [0.05, 0.1) is 6.04 Å². The Hall–Kier alpha value is -2.66. The molecule has 2 fully saturated rings. The molecule has 2 aromatic rings. The van der Waals surface area contributed by atoms with Crippen LogP contribution in [-0.2, 0) is 16.0 Å². The summed E-state index contributed by atoms with van der Waals surface area (Å²) in [5.74, 6) is 0.425. The van der Waals surface area contributed by atoms with Crippen molar-refractivity contribution in [1.82, 2.24) is 5.32 Å². The van der Waals surface area contributed by atoms with Gasteiger partial charge in [-0.3, -0.25) is 9.59 Å². The molecule has 3 aliphatic rings. The summed E-state index contributed by atoms with van der Waals surface area (Å²) in [5, 5.41) is 12.3. The molecule has 5 nitrogen and oxygen atoms in total. The van der Waals surface area contributed by atoms with Gasteiger partial charge in [0, 0.05) is 18.7 Å². The van der Waals surface area contributed by atoms with Crippen molar-refractivity contribution >= 4 is 17.6 Å². The minimum Gasteiger partial charge on any atom is -0.481 e. The lowest BCUT2D eigenvalue weighted by Crippen LogP contribution is -2.42. The van der Waals surface area contributed by atoms with E-state index >= 15 is 0 Å². The fourth-order valence-electron chi connectivity index (χ4n) is 5.79. The summed E-state index contributed by atoms with van der Waals surface area (Å²) in [6.45, 7) is 1.72. The van der Waals surface area contributed by atoms with Gasteiger partial charge >= 0.3 is 5.97 Å². The maximum Gasteiger partial charge on any atom is 0.303 e. The van der Waals surface area contributed by atoms with Gasteiger partial charge in [-0.05, 0) is 97.7 Å². The van der Waals surface area contributed by atoms with Crippen LogP contribution in [0.1, 0.15) is 62.0 Å². The van der Waals surface area contributed by atoms with Gasteiger partial charge in [-0.25, -0.2) is 0 Å². The second kappa shape index (κ2) is 9.07. The Labute approximate surface area is 189 Å². The Balaban J connectivity index is 1.25. The topological polar surface area (TPSA) is 69.6 Å². The molecule has 1 amide bonds. The zero-order valence-corrected chi connectivity index (χ0v) is 18.6. The van der Waals surface area contributed by atoms with E-state index in [0.717, 1.165) is 63.7 Å². The van der Waals surface area contributed by atoms with E-state index < -0.39 is 5.97 Å². The summed E-state index contributed by atoms with van der Waals surface area (Å²) in [4.78, 5) is 25.8. The van der Waals surface area contributed by atoms with Gasteiger partial charge in [0.15, 0.2) is 0 Å². The minimum absolute atomic E-state index is 0.0210. The molecule has 5 heteroatoms. The molecular weight excluding hydrogens is 400 g/mol. The van der Waals surface area contributed by atoms with Gasteiger partial charge in [0.25, 0.3) is 0 Å². The third-order valence-electron chi connectivity index (χ3n) is 7.62. The van der Waals surface area contributed by atoms with E-state index in [0.29, 0.717) is 18.3 Å². The van der Waals surface area contributed by atoms with Gasteiger partial charge in [0.2, 0.25) is 5.91 Å². The quantitative estimate of drug-likeness (QED) is 0.716. The molecule has 2 N–H and O–H groups in total. The van der Waals surface area contributed by atoms with E-state index in [2.05, 4.69) is 47.8 Å². The van der Waals surface area contributed by atoms with Crippen LogP contribution >= 0.6 is 0 Å². The number of anilines is 1. The molecule has 1 saturated heterocycles. The number of carbonyl (C=O) groups is 2. The summed E-state index contributed by atoms with van der Waals surface area (Å²) >= 11 is 0. The summed E-state index contributed by atoms with van der Waals surface area (Å²) < 4.78 is 0. The summed E-state index contributed by atoms with van der Waals surface area (Å²) in [5.41, 5.74) is 6.11. The van der Waals surface area contributed by atoms with Crippen LogP contribution in [0.3, 0.4) is 0 Å². The number of hydrogen-bond donors (Lipinski definition) is 2. The van der Waals surface area contributed by atoms with Crippen LogP contribution in [-0.4, -0.2) is 36.1 Å². The Bertz CT molecular complexity index is 986. The minimum atomic E-state index is -0.671. The number of rotatable bonds is 5. The molecule has 168 valence electrons. The van der Waals surface area contributed by atoms with Crippen LogP contribution in [0.25, 0.3) is 11.1 Å². The van der Waals surface area contributed by atoms with Gasteiger partial charge in [-0.2, -0.15) is 0 Å². The fraction of sp³-hybridized carbons (Fsp3) is 0.481. The zero-order valence-electron chi connectivity index (χ0n) is 18.6. The van der Waals surface area contributed by atoms with Gasteiger partial charge in [-0.1, -0.05) is 30.3 Å². The molecule has 0 radical (unpaired) electrons. The molecule has 2 aromatic carbocycles. The molecule has 2 heterocycles. The summed E-state index contributed by atoms with van der Waals surface area (Å²) in [6.07, 6.45) is 7.42. The van der Waals surface area contributed by atoms with Crippen molar-refractivity contribution in [3.8, 4) is 11.1 Å². The number of carboxylic acids is 1. The van der Waals surface area contributed by atoms with E-state index in [1.807, 2.05) is 4.90 Å². The predicted molar refractivity (Wildman–Crippen MR) is 126 cm³/mol. The number of nitrogens with one attached hydrogen (secondary N) is 1. The zero-order chi connectivity index (χ0) is 22.1. The van der Waals surface area contributed by atoms with Crippen LogP contribution < -0.4 is 10.2 Å². The number of fused-ring (bicyclic) bond motifs is 1. The van der Waals surface area contributed by atoms with E-state index in [1.165, 1.54) is 22.3 Å². The highest BCUT2D eigenvalue weighted by molar-refractivity contribution is 5.99. The van der Waals surface area contributed by atoms with Gasteiger partial charge < -0.3 is 15.3 Å². The first-order valence-corrected chi connectivity index (χ1v) is 12.1. The molecule has 1 atom stereocenters. The average Bonchev–Trinajstić information content (AvgIpc) is 3.49. The van der Waals surface area contributed by atoms with Gasteiger partial charge in [0.1, 0.15) is 0 Å². The predicted octanol–water partition coefficient (Wildman–Crippen LogP) is 4.74. The Kier molecular flexibility index (Phi) is 6.01. The second-order valence-electron chi connectivity index (χ2n) is 9.67. The lowest BCUT2D eigenvalue weighted by molar-refractivity contribution is -0.138. The van der Waals surface area contributed by atoms with Crippen molar-refractivity contribution in [2.75, 3.05) is 18.0 Å². The number of amides is 1. The largest absolute Gasteiger partial charge is 0.481 e. The van der Waals surface area contributed by atoms with Crippen LogP contribution in [0.5, 0.6) is 0 Å². The molecule has 2 aliphatic heterocycles. The highest BCUT2D eigenvalue weighted by Crippen LogP contribution is 2.38. The Morgan fingerprint density at radius 1 is 0.969 bits per heavy atom. The fourth-order valence-corrected chi connectivity index (χ4v) is 5.79. The molecule has 1 saturated carbocycles. The first kappa shape index (κ1) is 21.2. The molecule has 32 heavy (non-hydrogen) atoms. The Morgan fingerprint density at radius 3 is 2.41 bits per heavy atom. The summed E-state index contributed by atoms with van der Waals surface area (Å²) in [6, 6.07) is 15.4. The molecule has 1 aliphatic carbocycles. The maximum atomic E-state index is 12.9. The standard InChI is InChI=1S/C27H32N2O3/c30-26(31)16-18-3-5-19(6-4-18)20-7-9-21(10-8-20)22-11-12-25-23(17-22)13-15-29(25)27(32)24-2-1-14-28-24/h7-12,17-19,24,28H,1-6,13-16H2,(H,30,31). The van der Waals surface area contributed by atoms with E-state index in [9.17, 15) is 9.59 Å². The number of carboxylic acid groups (broad SMARTS) is 1. The van der Waals surface area contributed by atoms with Crippen molar-refractivity contribution < 1.29 is 14.7 Å². The first-order valence-electron chi connectivity index (χ1n) is 12.1. The highest BCUT2D eigenvalue weighted by Gasteiger charge is 2.31. The SMILES string of the molecule is O=C(O)CC1CCC(c2ccc(-c3ccc4c(c3)CCN4C(=O)C3CCCN3)cc2)CC1. The first-order chi connectivity index (χ1) is 15.6. The number of nitrogens with zero attached hydrogens (tertiary/aromatic N) is 1. The average molecular weight is 433 g/mol. The second-order valence-corrected chi connectivity index (χ2v) is 9.67. The monoisotopic (exact) mass is 432 g/mol. The number of aliphatic carboxylic acids is 1. The molecule has 0 aromatic heterocycles. The lowest BCUT2D eigenvalue weighted by Gasteiger charge is -2.28. The molecule has 0 bridgehead atoms. The van der Waals surface area contributed by atoms with Crippen molar-refractivity contribution in [3.63, 3.8) is 0 Å². The molecular formula is C27H32N2O3. The molecule has 0 spiro atoms. The normalized spacial score (nSPS) is 25.0. The Morgan fingerprint density at radius 2 is 1.72 bits per heavy atom. The van der Waals surface area contributed by atoms with Gasteiger partial charge in [-0.15, -0.1) is 0 Å². The van der Waals surface area contributed by atoms with Crippen LogP contribution in [0.15, 0.2) is 42.5 Å². The third kappa shape index (κ3) is 4.31. The van der Waals surface area contributed by atoms with E-state index in [4.69, 9.17) is 5.11 Å². The van der Waals surface area contributed by atoms with Crippen LogP contribution in [0.4, 0.5) is 5.69 Å². The molecule has 1 unspecified atom stereocenters. The van der Waals surface area contributed by atoms with Crippen molar-refractivity contribution in [2.45, 2.75) is 63.3 Å². The third-order valence-corrected chi connectivity index (χ3v) is 7.62.